The molecule has 0 aromatic carbocycles. The van der Waals surface area contributed by atoms with E-state index in [4.69, 9.17) is 4.74 Å². The molecule has 128 valence electrons. The predicted molar refractivity (Wildman–Crippen MR) is 90.8 cm³/mol. The van der Waals surface area contributed by atoms with Gasteiger partial charge in [-0.2, -0.15) is 4.98 Å². The fourth-order valence-electron chi connectivity index (χ4n) is 2.73. The number of nitrogens with one attached hydrogen (secondary N) is 1. The lowest BCUT2D eigenvalue weighted by Crippen LogP contribution is -2.49. The number of anilines is 1. The number of nitrogens with zero attached hydrogens (tertiary/aromatic N) is 3. The van der Waals surface area contributed by atoms with E-state index >= 15 is 0 Å². The lowest BCUT2D eigenvalue weighted by atomic mass is 9.96. The molecule has 1 atom stereocenters. The second-order valence-corrected chi connectivity index (χ2v) is 7.10. The smallest absolute Gasteiger partial charge is 0.228 e. The van der Waals surface area contributed by atoms with Gasteiger partial charge in [-0.3, -0.25) is 4.79 Å². The van der Waals surface area contributed by atoms with Crippen molar-refractivity contribution in [3.8, 4) is 5.88 Å². The summed E-state index contributed by atoms with van der Waals surface area (Å²) in [6.45, 7) is 12.0. The standard InChI is InChI=1S/C17H28N4O2/c1-6-23-14-10-12(2)18-16(19-14)21-9-7-8-13(11-21)15(22)20-17(3,4)5/h10,13H,6-9,11H2,1-5H3,(H,20,22). The first-order chi connectivity index (χ1) is 10.8. The van der Waals surface area contributed by atoms with Crippen molar-refractivity contribution in [2.45, 2.75) is 53.0 Å². The average molecular weight is 320 g/mol. The van der Waals surface area contributed by atoms with Gasteiger partial charge in [-0.15, -0.1) is 0 Å². The highest BCUT2D eigenvalue weighted by atomic mass is 16.5. The van der Waals surface area contributed by atoms with Crippen molar-refractivity contribution >= 4 is 11.9 Å². The Morgan fingerprint density at radius 2 is 2.17 bits per heavy atom. The molecule has 0 aliphatic carbocycles. The molecule has 1 aliphatic heterocycles. The largest absolute Gasteiger partial charge is 0.478 e. The maximum Gasteiger partial charge on any atom is 0.228 e. The summed E-state index contributed by atoms with van der Waals surface area (Å²) in [7, 11) is 0. The van der Waals surface area contributed by atoms with Crippen LogP contribution in [0.1, 0.15) is 46.2 Å². The summed E-state index contributed by atoms with van der Waals surface area (Å²) >= 11 is 0. The molecule has 1 aromatic rings. The Kier molecular flexibility index (Phi) is 5.44. The number of amides is 1. The minimum atomic E-state index is -0.207. The third kappa shape index (κ3) is 5.08. The van der Waals surface area contributed by atoms with Crippen molar-refractivity contribution in [3.63, 3.8) is 0 Å². The van der Waals surface area contributed by atoms with E-state index in [1.165, 1.54) is 0 Å². The second-order valence-electron chi connectivity index (χ2n) is 7.10. The topological polar surface area (TPSA) is 67.3 Å². The Labute approximate surface area is 138 Å². The number of carbonyl (C=O) groups excluding carboxylic acids is 1. The number of rotatable bonds is 4. The molecule has 1 N–H and O–H groups in total. The number of piperidine rings is 1. The second kappa shape index (κ2) is 7.15. The van der Waals surface area contributed by atoms with Crippen LogP contribution in [-0.4, -0.2) is 41.1 Å². The lowest BCUT2D eigenvalue weighted by Gasteiger charge is -2.34. The number of carbonyl (C=O) groups is 1. The van der Waals surface area contributed by atoms with E-state index in [0.29, 0.717) is 25.0 Å². The summed E-state index contributed by atoms with van der Waals surface area (Å²) in [6, 6.07) is 1.83. The van der Waals surface area contributed by atoms with Gasteiger partial charge in [-0.05, 0) is 47.5 Å². The molecule has 6 nitrogen and oxygen atoms in total. The van der Waals surface area contributed by atoms with Gasteiger partial charge in [0.2, 0.25) is 17.7 Å². The van der Waals surface area contributed by atoms with Gasteiger partial charge in [-0.1, -0.05) is 0 Å². The Hall–Kier alpha value is -1.85. The van der Waals surface area contributed by atoms with Crippen LogP contribution in [0.5, 0.6) is 5.88 Å². The molecule has 0 radical (unpaired) electrons. The summed E-state index contributed by atoms with van der Waals surface area (Å²) in [5.41, 5.74) is 0.668. The predicted octanol–water partition coefficient (Wildman–Crippen LogP) is 2.31. The van der Waals surface area contributed by atoms with Crippen LogP contribution in [0.4, 0.5) is 5.95 Å². The summed E-state index contributed by atoms with van der Waals surface area (Å²) in [4.78, 5) is 23.5. The molecule has 23 heavy (non-hydrogen) atoms. The highest BCUT2D eigenvalue weighted by Gasteiger charge is 2.29. The van der Waals surface area contributed by atoms with Gasteiger partial charge in [0.25, 0.3) is 0 Å². The first kappa shape index (κ1) is 17.5. The van der Waals surface area contributed by atoms with Crippen molar-refractivity contribution in [2.24, 2.45) is 5.92 Å². The first-order valence-corrected chi connectivity index (χ1v) is 8.34. The van der Waals surface area contributed by atoms with Crippen LogP contribution in [0, 0.1) is 12.8 Å². The summed E-state index contributed by atoms with van der Waals surface area (Å²) in [5, 5.41) is 3.07. The summed E-state index contributed by atoms with van der Waals surface area (Å²) < 4.78 is 5.50. The van der Waals surface area contributed by atoms with E-state index < -0.39 is 0 Å². The van der Waals surface area contributed by atoms with Crippen LogP contribution >= 0.6 is 0 Å². The summed E-state index contributed by atoms with van der Waals surface area (Å²) in [6.07, 6.45) is 1.87. The Morgan fingerprint density at radius 1 is 1.43 bits per heavy atom. The molecule has 1 unspecified atom stereocenters. The molecule has 1 saturated heterocycles. The third-order valence-electron chi connectivity index (χ3n) is 3.68. The molecule has 0 saturated carbocycles. The normalized spacial score (nSPS) is 18.7. The molecule has 2 heterocycles. The quantitative estimate of drug-likeness (QED) is 0.922. The van der Waals surface area contributed by atoms with Crippen LogP contribution in [0.2, 0.25) is 0 Å². The Balaban J connectivity index is 2.10. The van der Waals surface area contributed by atoms with Crippen molar-refractivity contribution in [2.75, 3.05) is 24.6 Å². The maximum absolute atomic E-state index is 12.4. The van der Waals surface area contributed by atoms with Crippen LogP contribution in [0.25, 0.3) is 0 Å². The van der Waals surface area contributed by atoms with Gasteiger partial charge < -0.3 is 15.0 Å². The highest BCUT2D eigenvalue weighted by Crippen LogP contribution is 2.23. The van der Waals surface area contributed by atoms with Crippen LogP contribution in [0.3, 0.4) is 0 Å². The number of aromatic nitrogens is 2. The highest BCUT2D eigenvalue weighted by molar-refractivity contribution is 5.80. The van der Waals surface area contributed by atoms with Crippen LogP contribution < -0.4 is 15.0 Å². The van der Waals surface area contributed by atoms with Gasteiger partial charge in [0, 0.05) is 30.4 Å². The molecule has 1 aromatic heterocycles. The van der Waals surface area contributed by atoms with Crippen molar-refractivity contribution in [3.05, 3.63) is 11.8 Å². The van der Waals surface area contributed by atoms with Crippen LogP contribution in [0.15, 0.2) is 6.07 Å². The zero-order valence-corrected chi connectivity index (χ0v) is 14.8. The molecular weight excluding hydrogens is 292 g/mol. The van der Waals surface area contributed by atoms with Gasteiger partial charge in [0.15, 0.2) is 0 Å². The van der Waals surface area contributed by atoms with Gasteiger partial charge in [0.1, 0.15) is 0 Å². The van der Waals surface area contributed by atoms with Gasteiger partial charge in [0.05, 0.1) is 12.5 Å². The molecule has 2 rings (SSSR count). The third-order valence-corrected chi connectivity index (χ3v) is 3.68. The zero-order valence-electron chi connectivity index (χ0n) is 14.8. The fourth-order valence-corrected chi connectivity index (χ4v) is 2.73. The van der Waals surface area contributed by atoms with Crippen LogP contribution in [-0.2, 0) is 4.79 Å². The molecule has 6 heteroatoms. The molecular formula is C17H28N4O2. The minimum Gasteiger partial charge on any atom is -0.478 e. The molecule has 1 aliphatic rings. The Bertz CT molecular complexity index is 554. The number of aryl methyl sites for hydroxylation is 1. The monoisotopic (exact) mass is 320 g/mol. The van der Waals surface area contributed by atoms with Crippen molar-refractivity contribution < 1.29 is 9.53 Å². The zero-order chi connectivity index (χ0) is 17.0. The molecule has 1 fully saturated rings. The number of hydrogen-bond donors (Lipinski definition) is 1. The number of hydrogen-bond acceptors (Lipinski definition) is 5. The van der Waals surface area contributed by atoms with E-state index in [9.17, 15) is 4.79 Å². The Morgan fingerprint density at radius 3 is 2.83 bits per heavy atom. The van der Waals surface area contributed by atoms with Gasteiger partial charge in [-0.25, -0.2) is 4.98 Å². The van der Waals surface area contributed by atoms with E-state index in [2.05, 4.69) is 20.2 Å². The molecule has 1 amide bonds. The minimum absolute atomic E-state index is 0.0253. The maximum atomic E-state index is 12.4. The lowest BCUT2D eigenvalue weighted by molar-refractivity contribution is -0.126. The fraction of sp³-hybridized carbons (Fsp3) is 0.706. The summed E-state index contributed by atoms with van der Waals surface area (Å²) in [5.74, 6) is 1.33. The molecule has 0 spiro atoms. The van der Waals surface area contributed by atoms with Crippen molar-refractivity contribution in [1.82, 2.24) is 15.3 Å². The molecule has 0 bridgehead atoms. The van der Waals surface area contributed by atoms with E-state index in [1.54, 1.807) is 0 Å². The van der Waals surface area contributed by atoms with Crippen molar-refractivity contribution in [1.29, 1.82) is 0 Å². The average Bonchev–Trinajstić information content (AvgIpc) is 2.45. The first-order valence-electron chi connectivity index (χ1n) is 8.34. The number of ether oxygens (including phenoxy) is 1. The van der Waals surface area contributed by atoms with Gasteiger partial charge >= 0.3 is 0 Å². The van der Waals surface area contributed by atoms with E-state index in [-0.39, 0.29) is 17.4 Å². The SMILES string of the molecule is CCOc1cc(C)nc(N2CCCC(C(=O)NC(C)(C)C)C2)n1. The van der Waals surface area contributed by atoms with E-state index in [0.717, 1.165) is 25.1 Å². The van der Waals surface area contributed by atoms with E-state index in [1.807, 2.05) is 40.7 Å².